The van der Waals surface area contributed by atoms with Gasteiger partial charge in [-0.1, -0.05) is 25.7 Å². The number of morpholine rings is 1. The first-order valence-electron chi connectivity index (χ1n) is 11.8. The van der Waals surface area contributed by atoms with Crippen molar-refractivity contribution in [2.24, 2.45) is 11.8 Å². The number of hydrogen-bond acceptors (Lipinski definition) is 6. The molecule has 0 aromatic rings. The van der Waals surface area contributed by atoms with Crippen molar-refractivity contribution in [2.45, 2.75) is 100 Å². The number of carbonyl (C=O) groups is 3. The number of nitrogens with zero attached hydrogens (tertiary/aromatic N) is 2. The number of amides is 3. The molecule has 10 unspecified atom stereocenters. The van der Waals surface area contributed by atoms with Crippen molar-refractivity contribution in [2.75, 3.05) is 7.05 Å². The van der Waals surface area contributed by atoms with Crippen LogP contribution in [0.4, 0.5) is 4.79 Å². The zero-order valence-electron chi connectivity index (χ0n) is 17.7. The molecule has 0 spiro atoms. The lowest BCUT2D eigenvalue weighted by atomic mass is 9.69. The first-order chi connectivity index (χ1) is 15.0. The van der Waals surface area contributed by atoms with Crippen LogP contribution in [-0.2, 0) is 23.8 Å². The molecular weight excluding hydrogens is 404 g/mol. The molecule has 6 rings (SSSR count). The highest BCUT2D eigenvalue weighted by Crippen LogP contribution is 2.51. The van der Waals surface area contributed by atoms with E-state index in [2.05, 4.69) is 0 Å². The van der Waals surface area contributed by atoms with Gasteiger partial charge in [0.05, 0.1) is 54.4 Å². The van der Waals surface area contributed by atoms with Crippen LogP contribution in [-0.4, -0.2) is 88.6 Å². The summed E-state index contributed by atoms with van der Waals surface area (Å²) in [5.41, 5.74) is 0. The molecular formula is C22H30N2O7. The molecule has 3 saturated carbocycles. The van der Waals surface area contributed by atoms with E-state index in [-0.39, 0.29) is 36.2 Å². The summed E-state index contributed by atoms with van der Waals surface area (Å²) < 4.78 is 19.5. The molecule has 1 N–H and O–H groups in total. The summed E-state index contributed by atoms with van der Waals surface area (Å²) in [6, 6.07) is -0.892. The Morgan fingerprint density at radius 3 is 1.97 bits per heavy atom. The number of fused-ring (bicyclic) bond motifs is 8. The lowest BCUT2D eigenvalue weighted by Gasteiger charge is -2.60. The maximum Gasteiger partial charge on any atom is 0.408 e. The Balaban J connectivity index is 1.45. The Kier molecular flexibility index (Phi) is 4.60. The highest BCUT2D eigenvalue weighted by Gasteiger charge is 2.68. The molecule has 3 aliphatic heterocycles. The van der Waals surface area contributed by atoms with Gasteiger partial charge >= 0.3 is 6.09 Å². The zero-order valence-corrected chi connectivity index (χ0v) is 17.7. The van der Waals surface area contributed by atoms with E-state index in [9.17, 15) is 19.5 Å². The van der Waals surface area contributed by atoms with E-state index in [1.54, 1.807) is 0 Å². The zero-order chi connectivity index (χ0) is 21.4. The van der Waals surface area contributed by atoms with Crippen LogP contribution in [0.1, 0.15) is 51.4 Å². The molecule has 0 bridgehead atoms. The van der Waals surface area contributed by atoms with Crippen LogP contribution in [0.5, 0.6) is 0 Å². The second-order valence-corrected chi connectivity index (χ2v) is 10.0. The molecule has 3 amide bonds. The topological polar surface area (TPSA) is 106 Å². The SMILES string of the molecule is CN1C(=O)C2C3OC4CCCCC4OC3C3C(OC4CCCCC4N3C(=O)O)C2C1=O. The van der Waals surface area contributed by atoms with Crippen LogP contribution in [0.15, 0.2) is 0 Å². The van der Waals surface area contributed by atoms with Crippen LogP contribution in [0.3, 0.4) is 0 Å². The van der Waals surface area contributed by atoms with Gasteiger partial charge in [0.2, 0.25) is 11.8 Å². The summed E-state index contributed by atoms with van der Waals surface area (Å²) >= 11 is 0. The van der Waals surface area contributed by atoms with Crippen molar-refractivity contribution >= 4 is 17.9 Å². The van der Waals surface area contributed by atoms with Gasteiger partial charge < -0.3 is 19.3 Å². The number of ether oxygens (including phenoxy) is 3. The van der Waals surface area contributed by atoms with E-state index in [0.29, 0.717) is 0 Å². The molecule has 170 valence electrons. The molecule has 10 atom stereocenters. The Morgan fingerprint density at radius 2 is 1.32 bits per heavy atom. The third-order valence-corrected chi connectivity index (χ3v) is 8.53. The molecule has 0 aromatic heterocycles. The van der Waals surface area contributed by atoms with Crippen molar-refractivity contribution in [3.8, 4) is 0 Å². The van der Waals surface area contributed by atoms with Crippen molar-refractivity contribution in [3.05, 3.63) is 0 Å². The van der Waals surface area contributed by atoms with Gasteiger partial charge in [0.25, 0.3) is 0 Å². The van der Waals surface area contributed by atoms with Gasteiger partial charge in [0.15, 0.2) is 0 Å². The second-order valence-electron chi connectivity index (χ2n) is 10.0. The van der Waals surface area contributed by atoms with E-state index >= 15 is 0 Å². The van der Waals surface area contributed by atoms with Crippen LogP contribution in [0, 0.1) is 11.8 Å². The molecule has 6 aliphatic rings. The maximum atomic E-state index is 13.2. The van der Waals surface area contributed by atoms with Gasteiger partial charge in [-0.25, -0.2) is 4.79 Å². The Morgan fingerprint density at radius 1 is 0.806 bits per heavy atom. The average molecular weight is 434 g/mol. The molecule has 31 heavy (non-hydrogen) atoms. The molecule has 3 saturated heterocycles. The molecule has 9 nitrogen and oxygen atoms in total. The number of rotatable bonds is 0. The van der Waals surface area contributed by atoms with Crippen LogP contribution in [0.2, 0.25) is 0 Å². The predicted octanol–water partition coefficient (Wildman–Crippen LogP) is 1.38. The van der Waals surface area contributed by atoms with Crippen molar-refractivity contribution < 1.29 is 33.7 Å². The van der Waals surface area contributed by atoms with E-state index in [4.69, 9.17) is 14.2 Å². The monoisotopic (exact) mass is 434 g/mol. The first-order valence-corrected chi connectivity index (χ1v) is 11.8. The number of imide groups is 1. The Hall–Kier alpha value is -1.71. The van der Waals surface area contributed by atoms with Gasteiger partial charge in [-0.3, -0.25) is 19.4 Å². The van der Waals surface area contributed by atoms with E-state index in [0.717, 1.165) is 51.4 Å². The lowest BCUT2D eigenvalue weighted by Crippen LogP contribution is -2.76. The van der Waals surface area contributed by atoms with Gasteiger partial charge in [0, 0.05) is 7.05 Å². The second kappa shape index (κ2) is 7.15. The van der Waals surface area contributed by atoms with Crippen LogP contribution >= 0.6 is 0 Å². The number of likely N-dealkylation sites (tertiary alicyclic amines) is 1. The van der Waals surface area contributed by atoms with Crippen LogP contribution < -0.4 is 0 Å². The highest BCUT2D eigenvalue weighted by atomic mass is 16.6. The largest absolute Gasteiger partial charge is 0.465 e. The summed E-state index contributed by atoms with van der Waals surface area (Å²) in [5, 5.41) is 10.3. The first kappa shape index (κ1) is 19.9. The fourth-order valence-corrected chi connectivity index (χ4v) is 7.18. The quantitative estimate of drug-likeness (QED) is 0.574. The standard InChI is InChI=1S/C22H30N2O7/c1-23-20(25)14-15(21(23)26)18-19(31-13-9-5-4-8-12(13)30-18)16-17(14)29-11-7-3-2-6-10(11)24(16)22(27)28/h10-19H,2-9H2,1H3,(H,27,28). The fourth-order valence-electron chi connectivity index (χ4n) is 7.18. The third-order valence-electron chi connectivity index (χ3n) is 8.53. The molecule has 9 heteroatoms. The predicted molar refractivity (Wildman–Crippen MR) is 105 cm³/mol. The highest BCUT2D eigenvalue weighted by molar-refractivity contribution is 6.05. The van der Waals surface area contributed by atoms with E-state index in [1.165, 1.54) is 16.8 Å². The van der Waals surface area contributed by atoms with Gasteiger partial charge in [-0.2, -0.15) is 0 Å². The maximum absolute atomic E-state index is 13.2. The lowest BCUT2D eigenvalue weighted by molar-refractivity contribution is -0.304. The minimum absolute atomic E-state index is 0.100. The number of carboxylic acid groups (broad SMARTS) is 1. The molecule has 0 radical (unpaired) electrons. The molecule has 0 aromatic carbocycles. The minimum Gasteiger partial charge on any atom is -0.465 e. The fraction of sp³-hybridized carbons (Fsp3) is 0.864. The molecule has 3 aliphatic carbocycles. The van der Waals surface area contributed by atoms with Crippen LogP contribution in [0.25, 0.3) is 0 Å². The summed E-state index contributed by atoms with van der Waals surface area (Å²) in [5.74, 6) is -1.96. The molecule has 6 fully saturated rings. The minimum atomic E-state index is -1.01. The van der Waals surface area contributed by atoms with Crippen molar-refractivity contribution in [1.29, 1.82) is 0 Å². The smallest absolute Gasteiger partial charge is 0.408 e. The summed E-state index contributed by atoms with van der Waals surface area (Å²) in [6.07, 6.45) is 3.88. The molecule has 3 heterocycles. The average Bonchev–Trinajstić information content (AvgIpc) is 3.00. The number of carbonyl (C=O) groups excluding carboxylic acids is 2. The third kappa shape index (κ3) is 2.75. The Bertz CT molecular complexity index is 805. The van der Waals surface area contributed by atoms with Crippen molar-refractivity contribution in [3.63, 3.8) is 0 Å². The number of hydrogen-bond donors (Lipinski definition) is 1. The summed E-state index contributed by atoms with van der Waals surface area (Å²) in [6.45, 7) is 0. The van der Waals surface area contributed by atoms with E-state index in [1.807, 2.05) is 0 Å². The van der Waals surface area contributed by atoms with Gasteiger partial charge in [0.1, 0.15) is 6.10 Å². The van der Waals surface area contributed by atoms with E-state index < -0.39 is 42.3 Å². The summed E-state index contributed by atoms with van der Waals surface area (Å²) in [4.78, 5) is 41.5. The Labute approximate surface area is 181 Å². The summed E-state index contributed by atoms with van der Waals surface area (Å²) in [7, 11) is 1.50. The normalized spacial score (nSPS) is 48.9. The van der Waals surface area contributed by atoms with Gasteiger partial charge in [-0.15, -0.1) is 0 Å². The van der Waals surface area contributed by atoms with Crippen molar-refractivity contribution in [1.82, 2.24) is 9.80 Å². The van der Waals surface area contributed by atoms with Gasteiger partial charge in [-0.05, 0) is 25.7 Å².